The molecule has 0 saturated heterocycles. The van der Waals surface area contributed by atoms with Crippen LogP contribution >= 0.6 is 11.3 Å². The van der Waals surface area contributed by atoms with Gasteiger partial charge in [0.25, 0.3) is 5.56 Å². The number of para-hydroxylation sites is 2. The van der Waals surface area contributed by atoms with Crippen LogP contribution in [-0.2, 0) is 6.54 Å². The number of aliphatic imine (C=N–C) groups is 1. The number of fused-ring (bicyclic) bond motifs is 1. The lowest BCUT2D eigenvalue weighted by atomic mass is 10.2. The molecule has 6 nitrogen and oxygen atoms in total. The van der Waals surface area contributed by atoms with Gasteiger partial charge >= 0.3 is 0 Å². The highest BCUT2D eigenvalue weighted by atomic mass is 32.1. The van der Waals surface area contributed by atoms with E-state index in [9.17, 15) is 4.79 Å². The monoisotopic (exact) mass is 351 g/mol. The molecule has 0 atom stereocenters. The van der Waals surface area contributed by atoms with Crippen LogP contribution in [-0.4, -0.2) is 25.5 Å². The Hall–Kier alpha value is -2.93. The van der Waals surface area contributed by atoms with Crippen LogP contribution in [0.2, 0.25) is 0 Å². The highest BCUT2D eigenvalue weighted by Gasteiger charge is 2.17. The molecule has 2 N–H and O–H groups in total. The summed E-state index contributed by atoms with van der Waals surface area (Å²) in [4.78, 5) is 26.3. The van der Waals surface area contributed by atoms with Gasteiger partial charge in [0.2, 0.25) is 5.95 Å². The Labute approximate surface area is 147 Å². The Morgan fingerprint density at radius 2 is 2.12 bits per heavy atom. The van der Waals surface area contributed by atoms with Crippen LogP contribution in [0.5, 0.6) is 0 Å². The molecule has 0 aliphatic rings. The predicted molar refractivity (Wildman–Crippen MR) is 101 cm³/mol. The van der Waals surface area contributed by atoms with Gasteiger partial charge in [-0.25, -0.2) is 4.98 Å². The summed E-state index contributed by atoms with van der Waals surface area (Å²) in [6.07, 6.45) is 0. The minimum absolute atomic E-state index is 0.149. The fraction of sp³-hybridized carbons (Fsp3) is 0.167. The van der Waals surface area contributed by atoms with Crippen LogP contribution in [0.15, 0.2) is 51.6 Å². The number of thiophene rings is 1. The quantitative estimate of drug-likeness (QED) is 0.553. The summed E-state index contributed by atoms with van der Waals surface area (Å²) in [5, 5.41) is 5.12. The Morgan fingerprint density at radius 3 is 2.88 bits per heavy atom. The maximum Gasteiger partial charge on any atom is 0.283 e. The normalized spacial score (nSPS) is 12.2. The van der Waals surface area contributed by atoms with Crippen LogP contribution in [0.25, 0.3) is 17.0 Å². The van der Waals surface area contributed by atoms with Gasteiger partial charge in [-0.15, -0.1) is 11.3 Å². The molecule has 0 saturated carbocycles. The molecule has 7 heteroatoms. The second-order valence-corrected chi connectivity index (χ2v) is 6.84. The number of aromatic amines is 2. The molecule has 4 rings (SSSR count). The predicted octanol–water partition coefficient (Wildman–Crippen LogP) is 3.42. The zero-order chi connectivity index (χ0) is 17.4. The van der Waals surface area contributed by atoms with Gasteiger partial charge in [-0.1, -0.05) is 18.2 Å². The van der Waals surface area contributed by atoms with E-state index in [1.54, 1.807) is 11.3 Å². The smallest absolute Gasteiger partial charge is 0.283 e. The van der Waals surface area contributed by atoms with E-state index < -0.39 is 0 Å². The summed E-state index contributed by atoms with van der Waals surface area (Å²) in [5.41, 5.74) is 3.66. The van der Waals surface area contributed by atoms with E-state index in [1.165, 1.54) is 9.56 Å². The maximum absolute atomic E-state index is 12.9. The Morgan fingerprint density at radius 1 is 1.28 bits per heavy atom. The minimum atomic E-state index is -0.149. The molecule has 3 heterocycles. The van der Waals surface area contributed by atoms with Gasteiger partial charge in [0.05, 0.1) is 23.1 Å². The third-order valence-electron chi connectivity index (χ3n) is 4.07. The Bertz CT molecular complexity index is 1080. The first-order valence-electron chi connectivity index (χ1n) is 7.94. The number of nitrogens with zero attached hydrogens (tertiary/aromatic N) is 3. The number of aryl methyl sites for hydroxylation is 1. The number of hydrogen-bond donors (Lipinski definition) is 2. The average molecular weight is 351 g/mol. The Kier molecular flexibility index (Phi) is 3.85. The van der Waals surface area contributed by atoms with Gasteiger partial charge in [0, 0.05) is 16.3 Å². The molecule has 25 heavy (non-hydrogen) atoms. The molecule has 0 spiro atoms. The number of H-pyrrole nitrogens is 2. The summed E-state index contributed by atoms with van der Waals surface area (Å²) in [6.45, 7) is 4.33. The van der Waals surface area contributed by atoms with Crippen molar-refractivity contribution in [3.63, 3.8) is 0 Å². The molecule has 0 aliphatic carbocycles. The first-order chi connectivity index (χ1) is 12.1. The third kappa shape index (κ3) is 2.83. The van der Waals surface area contributed by atoms with E-state index in [2.05, 4.69) is 20.1 Å². The molecule has 0 fully saturated rings. The molecule has 0 bridgehead atoms. The zero-order valence-corrected chi connectivity index (χ0v) is 14.7. The van der Waals surface area contributed by atoms with Crippen molar-refractivity contribution in [2.75, 3.05) is 0 Å². The van der Waals surface area contributed by atoms with E-state index >= 15 is 0 Å². The van der Waals surface area contributed by atoms with Crippen molar-refractivity contribution in [1.29, 1.82) is 0 Å². The van der Waals surface area contributed by atoms with Crippen molar-refractivity contribution >= 4 is 28.1 Å². The number of benzene rings is 1. The molecule has 0 amide bonds. The highest BCUT2D eigenvalue weighted by molar-refractivity contribution is 7.09. The Balaban J connectivity index is 1.73. The SMILES string of the molecule is CC(=NCc1cccs1)c1c(C)[nH]n(-c2nc3ccccc3[nH]2)c1=O. The number of aromatic nitrogens is 4. The van der Waals surface area contributed by atoms with Gasteiger partial charge in [-0.3, -0.25) is 14.9 Å². The lowest BCUT2D eigenvalue weighted by Crippen LogP contribution is -2.20. The van der Waals surface area contributed by atoms with Crippen LogP contribution in [0, 0.1) is 6.92 Å². The van der Waals surface area contributed by atoms with E-state index in [-0.39, 0.29) is 5.56 Å². The second kappa shape index (κ2) is 6.18. The van der Waals surface area contributed by atoms with E-state index in [4.69, 9.17) is 0 Å². The largest absolute Gasteiger partial charge is 0.322 e. The fourth-order valence-electron chi connectivity index (χ4n) is 2.85. The fourth-order valence-corrected chi connectivity index (χ4v) is 3.47. The molecule has 0 radical (unpaired) electrons. The van der Waals surface area contributed by atoms with E-state index in [0.717, 1.165) is 22.4 Å². The molecule has 126 valence electrons. The van der Waals surface area contributed by atoms with E-state index in [0.29, 0.717) is 18.1 Å². The molecular weight excluding hydrogens is 334 g/mol. The van der Waals surface area contributed by atoms with Gasteiger partial charge in [-0.2, -0.15) is 4.68 Å². The van der Waals surface area contributed by atoms with Crippen molar-refractivity contribution in [2.45, 2.75) is 20.4 Å². The molecule has 0 unspecified atom stereocenters. The number of rotatable bonds is 4. The van der Waals surface area contributed by atoms with Crippen LogP contribution in [0.1, 0.15) is 23.1 Å². The number of imidazole rings is 1. The first-order valence-corrected chi connectivity index (χ1v) is 8.82. The second-order valence-electron chi connectivity index (χ2n) is 5.81. The number of hydrogen-bond acceptors (Lipinski definition) is 4. The van der Waals surface area contributed by atoms with Crippen molar-refractivity contribution in [1.82, 2.24) is 19.7 Å². The van der Waals surface area contributed by atoms with Gasteiger partial charge < -0.3 is 4.98 Å². The summed E-state index contributed by atoms with van der Waals surface area (Å²) >= 11 is 1.66. The molecule has 1 aromatic carbocycles. The van der Waals surface area contributed by atoms with Gasteiger partial charge in [0.1, 0.15) is 0 Å². The lowest BCUT2D eigenvalue weighted by Gasteiger charge is -1.97. The van der Waals surface area contributed by atoms with E-state index in [1.807, 2.05) is 55.6 Å². The zero-order valence-electron chi connectivity index (χ0n) is 13.9. The number of nitrogens with one attached hydrogen (secondary N) is 2. The van der Waals surface area contributed by atoms with Crippen molar-refractivity contribution in [3.05, 3.63) is 68.3 Å². The van der Waals surface area contributed by atoms with Crippen molar-refractivity contribution < 1.29 is 0 Å². The van der Waals surface area contributed by atoms with Gasteiger partial charge in [-0.05, 0) is 37.4 Å². The summed E-state index contributed by atoms with van der Waals surface area (Å²) < 4.78 is 1.44. The molecule has 0 aliphatic heterocycles. The van der Waals surface area contributed by atoms with Crippen molar-refractivity contribution in [2.24, 2.45) is 4.99 Å². The highest BCUT2D eigenvalue weighted by Crippen LogP contribution is 2.14. The minimum Gasteiger partial charge on any atom is -0.322 e. The summed E-state index contributed by atoms with van der Waals surface area (Å²) in [7, 11) is 0. The summed E-state index contributed by atoms with van der Waals surface area (Å²) in [5.74, 6) is 0.478. The van der Waals surface area contributed by atoms with Crippen molar-refractivity contribution in [3.8, 4) is 5.95 Å². The summed E-state index contributed by atoms with van der Waals surface area (Å²) in [6, 6.07) is 11.7. The van der Waals surface area contributed by atoms with Crippen LogP contribution in [0.4, 0.5) is 0 Å². The lowest BCUT2D eigenvalue weighted by molar-refractivity contribution is 0.791. The maximum atomic E-state index is 12.9. The molecule has 3 aromatic heterocycles. The first kappa shape index (κ1) is 15.6. The van der Waals surface area contributed by atoms with Crippen LogP contribution < -0.4 is 5.56 Å². The standard InChI is InChI=1S/C18H17N5OS/c1-11(19-10-13-6-5-9-25-13)16-12(2)22-23(17(16)24)18-20-14-7-3-4-8-15(14)21-18/h3-9,22H,10H2,1-2H3,(H,20,21). The molecule has 4 aromatic rings. The third-order valence-corrected chi connectivity index (χ3v) is 4.94. The molecular formula is C18H17N5OS. The average Bonchev–Trinajstić information content (AvgIpc) is 3.31. The topological polar surface area (TPSA) is 78.8 Å². The van der Waals surface area contributed by atoms with Crippen LogP contribution in [0.3, 0.4) is 0 Å². The van der Waals surface area contributed by atoms with Gasteiger partial charge in [0.15, 0.2) is 0 Å².